The Morgan fingerprint density at radius 1 is 0.625 bits per heavy atom. The number of pyridine rings is 2. The second-order valence-corrected chi connectivity index (χ2v) is 5.34. The number of aliphatic imine (C=N–C) groups is 2. The molecule has 0 spiro atoms. The van der Waals surface area contributed by atoms with Crippen molar-refractivity contribution in [1.82, 2.24) is 9.97 Å². The Morgan fingerprint density at radius 2 is 1.04 bits per heavy atom. The maximum absolute atomic E-state index is 4.60. The monoisotopic (exact) mass is 314 g/mol. The van der Waals surface area contributed by atoms with Gasteiger partial charge in [-0.3, -0.25) is 20.0 Å². The Bertz CT molecular complexity index is 777. The quantitative estimate of drug-likeness (QED) is 0.652. The zero-order chi connectivity index (χ0) is 16.8. The summed E-state index contributed by atoms with van der Waals surface area (Å²) >= 11 is 0. The van der Waals surface area contributed by atoms with E-state index >= 15 is 0 Å². The molecule has 4 heteroatoms. The van der Waals surface area contributed by atoms with E-state index in [0.717, 1.165) is 34.2 Å². The van der Waals surface area contributed by atoms with Crippen LogP contribution in [-0.4, -0.2) is 21.4 Å². The number of benzene rings is 1. The summed E-state index contributed by atoms with van der Waals surface area (Å²) in [5, 5.41) is 0. The average Bonchev–Trinajstić information content (AvgIpc) is 2.65. The molecule has 0 aliphatic heterocycles. The van der Waals surface area contributed by atoms with Gasteiger partial charge in [-0.1, -0.05) is 12.1 Å². The summed E-state index contributed by atoms with van der Waals surface area (Å²) in [6.07, 6.45) is 3.54. The van der Waals surface area contributed by atoms with Gasteiger partial charge in [-0.2, -0.15) is 0 Å². The van der Waals surface area contributed by atoms with Gasteiger partial charge in [-0.05, 0) is 62.4 Å². The molecular formula is C20H18N4. The predicted octanol–water partition coefficient (Wildman–Crippen LogP) is 4.76. The largest absolute Gasteiger partial charge is 0.255 e. The Morgan fingerprint density at radius 3 is 1.38 bits per heavy atom. The van der Waals surface area contributed by atoms with Gasteiger partial charge in [0.25, 0.3) is 0 Å². The maximum Gasteiger partial charge on any atom is 0.0841 e. The number of hydrogen-bond acceptors (Lipinski definition) is 4. The first-order chi connectivity index (χ1) is 11.7. The highest BCUT2D eigenvalue weighted by molar-refractivity contribution is 5.99. The number of aromatic nitrogens is 2. The van der Waals surface area contributed by atoms with Crippen LogP contribution in [0.3, 0.4) is 0 Å². The van der Waals surface area contributed by atoms with E-state index in [4.69, 9.17) is 0 Å². The summed E-state index contributed by atoms with van der Waals surface area (Å²) in [5.41, 5.74) is 5.30. The molecule has 3 aromatic rings. The topological polar surface area (TPSA) is 50.5 Å². The lowest BCUT2D eigenvalue weighted by atomic mass is 10.2. The van der Waals surface area contributed by atoms with Crippen LogP contribution in [0.4, 0.5) is 11.4 Å². The number of nitrogens with zero attached hydrogens (tertiary/aromatic N) is 4. The molecule has 118 valence electrons. The number of hydrogen-bond donors (Lipinski definition) is 0. The van der Waals surface area contributed by atoms with Crippen LogP contribution in [0.1, 0.15) is 25.2 Å². The van der Waals surface area contributed by atoms with Crippen molar-refractivity contribution in [3.8, 4) is 0 Å². The van der Waals surface area contributed by atoms with Gasteiger partial charge in [0.05, 0.1) is 34.2 Å². The lowest BCUT2D eigenvalue weighted by Crippen LogP contribution is -1.97. The highest BCUT2D eigenvalue weighted by Gasteiger charge is 2.00. The van der Waals surface area contributed by atoms with E-state index in [1.165, 1.54) is 0 Å². The fourth-order valence-electron chi connectivity index (χ4n) is 2.26. The SMILES string of the molecule is CC(=Nc1ccc(N=C(C)c2ccccn2)cc1)c1ccccn1. The fourth-order valence-corrected chi connectivity index (χ4v) is 2.26. The Hall–Kier alpha value is -3.14. The third-order valence-corrected chi connectivity index (χ3v) is 3.51. The van der Waals surface area contributed by atoms with Crippen molar-refractivity contribution in [1.29, 1.82) is 0 Å². The minimum Gasteiger partial charge on any atom is -0.255 e. The van der Waals surface area contributed by atoms with Crippen molar-refractivity contribution < 1.29 is 0 Å². The van der Waals surface area contributed by atoms with Crippen LogP contribution in [0, 0.1) is 0 Å². The molecule has 2 heterocycles. The average molecular weight is 314 g/mol. The molecule has 0 atom stereocenters. The summed E-state index contributed by atoms with van der Waals surface area (Å²) in [6, 6.07) is 19.4. The van der Waals surface area contributed by atoms with Gasteiger partial charge in [0, 0.05) is 12.4 Å². The van der Waals surface area contributed by atoms with Crippen LogP contribution >= 0.6 is 0 Å². The van der Waals surface area contributed by atoms with Gasteiger partial charge >= 0.3 is 0 Å². The highest BCUT2D eigenvalue weighted by atomic mass is 14.8. The highest BCUT2D eigenvalue weighted by Crippen LogP contribution is 2.20. The molecule has 0 saturated heterocycles. The molecular weight excluding hydrogens is 296 g/mol. The number of rotatable bonds is 4. The minimum atomic E-state index is 0.880. The summed E-state index contributed by atoms with van der Waals surface area (Å²) in [5.74, 6) is 0. The first kappa shape index (κ1) is 15.7. The van der Waals surface area contributed by atoms with Crippen molar-refractivity contribution in [3.05, 3.63) is 84.4 Å². The molecule has 0 saturated carbocycles. The van der Waals surface area contributed by atoms with Crippen LogP contribution in [0.5, 0.6) is 0 Å². The van der Waals surface area contributed by atoms with Crippen molar-refractivity contribution >= 4 is 22.8 Å². The van der Waals surface area contributed by atoms with Crippen molar-refractivity contribution in [2.45, 2.75) is 13.8 Å². The molecule has 2 aromatic heterocycles. The molecule has 24 heavy (non-hydrogen) atoms. The van der Waals surface area contributed by atoms with Crippen LogP contribution in [-0.2, 0) is 0 Å². The smallest absolute Gasteiger partial charge is 0.0841 e. The standard InChI is InChI=1S/C20H18N4/c1-15(19-7-3-5-13-21-19)23-17-9-11-18(12-10-17)24-16(2)20-8-4-6-14-22-20/h3-14H,1-2H3. The van der Waals surface area contributed by atoms with E-state index in [2.05, 4.69) is 20.0 Å². The molecule has 0 fully saturated rings. The normalized spacial score (nSPS) is 12.2. The molecule has 0 radical (unpaired) electrons. The first-order valence-electron chi connectivity index (χ1n) is 7.76. The van der Waals surface area contributed by atoms with E-state index in [0.29, 0.717) is 0 Å². The third kappa shape index (κ3) is 3.98. The lowest BCUT2D eigenvalue weighted by Gasteiger charge is -2.02. The Balaban J connectivity index is 1.79. The second-order valence-electron chi connectivity index (χ2n) is 5.34. The van der Waals surface area contributed by atoms with E-state index < -0.39 is 0 Å². The van der Waals surface area contributed by atoms with Crippen LogP contribution in [0.15, 0.2) is 83.0 Å². The Labute approximate surface area is 141 Å². The lowest BCUT2D eigenvalue weighted by molar-refractivity contribution is 1.27. The predicted molar refractivity (Wildman–Crippen MR) is 98.7 cm³/mol. The van der Waals surface area contributed by atoms with Crippen LogP contribution in [0.2, 0.25) is 0 Å². The molecule has 0 N–H and O–H groups in total. The fraction of sp³-hybridized carbons (Fsp3) is 0.100. The van der Waals surface area contributed by atoms with Gasteiger partial charge in [-0.25, -0.2) is 0 Å². The molecule has 1 aromatic carbocycles. The summed E-state index contributed by atoms with van der Waals surface area (Å²) in [6.45, 7) is 3.92. The van der Waals surface area contributed by atoms with Crippen LogP contribution in [0.25, 0.3) is 0 Å². The Kier molecular flexibility index (Phi) is 4.87. The zero-order valence-corrected chi connectivity index (χ0v) is 13.7. The minimum absolute atomic E-state index is 0.880. The van der Waals surface area contributed by atoms with E-state index in [1.807, 2.05) is 74.5 Å². The first-order valence-corrected chi connectivity index (χ1v) is 7.76. The van der Waals surface area contributed by atoms with Crippen molar-refractivity contribution in [2.24, 2.45) is 9.98 Å². The summed E-state index contributed by atoms with van der Waals surface area (Å²) in [7, 11) is 0. The van der Waals surface area contributed by atoms with E-state index in [-0.39, 0.29) is 0 Å². The van der Waals surface area contributed by atoms with E-state index in [9.17, 15) is 0 Å². The molecule has 0 amide bonds. The summed E-state index contributed by atoms with van der Waals surface area (Å²) in [4.78, 5) is 17.8. The molecule has 0 bridgehead atoms. The van der Waals surface area contributed by atoms with Gasteiger partial charge in [0.2, 0.25) is 0 Å². The molecule has 0 aliphatic carbocycles. The van der Waals surface area contributed by atoms with E-state index in [1.54, 1.807) is 12.4 Å². The molecule has 4 nitrogen and oxygen atoms in total. The summed E-state index contributed by atoms with van der Waals surface area (Å²) < 4.78 is 0. The second kappa shape index (κ2) is 7.42. The van der Waals surface area contributed by atoms with Crippen molar-refractivity contribution in [2.75, 3.05) is 0 Å². The van der Waals surface area contributed by atoms with Crippen molar-refractivity contribution in [3.63, 3.8) is 0 Å². The van der Waals surface area contributed by atoms with Gasteiger partial charge in [0.1, 0.15) is 0 Å². The van der Waals surface area contributed by atoms with Gasteiger partial charge in [0.15, 0.2) is 0 Å². The van der Waals surface area contributed by atoms with Gasteiger partial charge < -0.3 is 0 Å². The van der Waals surface area contributed by atoms with Gasteiger partial charge in [-0.15, -0.1) is 0 Å². The molecule has 3 rings (SSSR count). The zero-order valence-electron chi connectivity index (χ0n) is 13.7. The third-order valence-electron chi connectivity index (χ3n) is 3.51. The molecule has 0 unspecified atom stereocenters. The van der Waals surface area contributed by atoms with Crippen LogP contribution < -0.4 is 0 Å². The molecule has 0 aliphatic rings. The maximum atomic E-state index is 4.60.